The summed E-state index contributed by atoms with van der Waals surface area (Å²) in [6, 6.07) is 16.8. The average molecular weight is 405 g/mol. The van der Waals surface area contributed by atoms with Crippen molar-refractivity contribution in [2.45, 2.75) is 13.8 Å². The summed E-state index contributed by atoms with van der Waals surface area (Å²) in [6.07, 6.45) is 0. The van der Waals surface area contributed by atoms with E-state index >= 15 is 0 Å². The van der Waals surface area contributed by atoms with Crippen molar-refractivity contribution < 1.29 is 24.2 Å². The van der Waals surface area contributed by atoms with Gasteiger partial charge in [-0.15, -0.1) is 0 Å². The molecule has 6 nitrogen and oxygen atoms in total. The van der Waals surface area contributed by atoms with Crippen LogP contribution in [-0.2, 0) is 4.79 Å². The van der Waals surface area contributed by atoms with Crippen molar-refractivity contribution in [2.75, 3.05) is 19.5 Å². The Hall–Kier alpha value is -3.80. The Bertz CT molecular complexity index is 1160. The van der Waals surface area contributed by atoms with E-state index < -0.39 is 11.9 Å². The molecule has 154 valence electrons. The van der Waals surface area contributed by atoms with Gasteiger partial charge in [0.05, 0.1) is 25.5 Å². The summed E-state index contributed by atoms with van der Waals surface area (Å²) < 4.78 is 10.4. The Morgan fingerprint density at radius 3 is 2.13 bits per heavy atom. The third kappa shape index (κ3) is 4.12. The van der Waals surface area contributed by atoms with Gasteiger partial charge in [-0.05, 0) is 41.8 Å². The van der Waals surface area contributed by atoms with E-state index in [-0.39, 0.29) is 17.0 Å². The molecule has 6 heteroatoms. The number of carboxylic acid groups (broad SMARTS) is 1. The number of hydrogen-bond donors (Lipinski definition) is 2. The van der Waals surface area contributed by atoms with Crippen LogP contribution in [0.5, 0.6) is 11.5 Å². The standard InChI is InChI=1S/C24H23NO5/c1-14(17-10-9-16-7-5-6-8-18(16)11-17)15(2)23(26)25-20-13-22(30-4)21(29-3)12-19(20)24(27)28/h5-13H,1-4H3,(H,25,26)(H,27,28)/b15-14-. The number of rotatable bonds is 6. The second kappa shape index (κ2) is 8.69. The fourth-order valence-corrected chi connectivity index (χ4v) is 3.18. The van der Waals surface area contributed by atoms with E-state index in [0.717, 1.165) is 21.9 Å². The van der Waals surface area contributed by atoms with Crippen LogP contribution in [0.3, 0.4) is 0 Å². The molecule has 0 fully saturated rings. The molecule has 0 heterocycles. The van der Waals surface area contributed by atoms with Crippen LogP contribution in [0, 0.1) is 0 Å². The first-order valence-electron chi connectivity index (χ1n) is 9.33. The van der Waals surface area contributed by atoms with Gasteiger partial charge in [0.15, 0.2) is 11.5 Å². The topological polar surface area (TPSA) is 84.9 Å². The number of hydrogen-bond acceptors (Lipinski definition) is 4. The van der Waals surface area contributed by atoms with Gasteiger partial charge in [-0.2, -0.15) is 0 Å². The molecule has 0 saturated heterocycles. The van der Waals surface area contributed by atoms with Crippen LogP contribution in [0.4, 0.5) is 5.69 Å². The summed E-state index contributed by atoms with van der Waals surface area (Å²) in [7, 11) is 2.86. The molecule has 0 aliphatic heterocycles. The maximum absolute atomic E-state index is 12.9. The van der Waals surface area contributed by atoms with Gasteiger partial charge in [-0.1, -0.05) is 36.4 Å². The van der Waals surface area contributed by atoms with E-state index in [9.17, 15) is 14.7 Å². The highest BCUT2D eigenvalue weighted by Gasteiger charge is 2.19. The Morgan fingerprint density at radius 2 is 1.50 bits per heavy atom. The maximum Gasteiger partial charge on any atom is 0.337 e. The van der Waals surface area contributed by atoms with Gasteiger partial charge >= 0.3 is 5.97 Å². The molecule has 0 atom stereocenters. The minimum atomic E-state index is -1.18. The maximum atomic E-state index is 12.9. The number of carbonyl (C=O) groups excluding carboxylic acids is 1. The lowest BCUT2D eigenvalue weighted by molar-refractivity contribution is -0.112. The zero-order valence-corrected chi connectivity index (χ0v) is 17.3. The minimum absolute atomic E-state index is 0.0860. The lowest BCUT2D eigenvalue weighted by Gasteiger charge is -2.15. The number of allylic oxidation sites excluding steroid dienone is 1. The first kappa shape index (κ1) is 20.9. The average Bonchev–Trinajstić information content (AvgIpc) is 2.77. The highest BCUT2D eigenvalue weighted by atomic mass is 16.5. The molecule has 0 spiro atoms. The summed E-state index contributed by atoms with van der Waals surface area (Å²) in [4.78, 5) is 24.5. The van der Waals surface area contributed by atoms with Gasteiger partial charge in [0, 0.05) is 17.7 Å². The van der Waals surface area contributed by atoms with Gasteiger partial charge in [-0.3, -0.25) is 4.79 Å². The second-order valence-electron chi connectivity index (χ2n) is 6.82. The number of fused-ring (bicyclic) bond motifs is 1. The van der Waals surface area contributed by atoms with Gasteiger partial charge < -0.3 is 19.9 Å². The van der Waals surface area contributed by atoms with Crippen LogP contribution in [0.1, 0.15) is 29.8 Å². The molecule has 0 radical (unpaired) electrons. The number of carboxylic acids is 1. The molecule has 0 aliphatic rings. The number of aromatic carboxylic acids is 1. The zero-order valence-electron chi connectivity index (χ0n) is 17.3. The highest BCUT2D eigenvalue weighted by Crippen LogP contribution is 2.34. The van der Waals surface area contributed by atoms with Crippen molar-refractivity contribution in [3.63, 3.8) is 0 Å². The highest BCUT2D eigenvalue weighted by molar-refractivity contribution is 6.11. The number of carbonyl (C=O) groups is 2. The first-order valence-corrected chi connectivity index (χ1v) is 9.33. The number of amides is 1. The molecule has 3 rings (SSSR count). The number of anilines is 1. The molecule has 1 amide bonds. The molecule has 2 N–H and O–H groups in total. The fraction of sp³-hybridized carbons (Fsp3) is 0.167. The minimum Gasteiger partial charge on any atom is -0.493 e. The van der Waals surface area contributed by atoms with Crippen molar-refractivity contribution in [3.8, 4) is 11.5 Å². The summed E-state index contributed by atoms with van der Waals surface area (Å²) >= 11 is 0. The van der Waals surface area contributed by atoms with Crippen LogP contribution in [0.25, 0.3) is 16.3 Å². The smallest absolute Gasteiger partial charge is 0.337 e. The fourth-order valence-electron chi connectivity index (χ4n) is 3.18. The van der Waals surface area contributed by atoms with Crippen molar-refractivity contribution >= 4 is 33.9 Å². The summed E-state index contributed by atoms with van der Waals surface area (Å²) in [5, 5.41) is 14.4. The van der Waals surface area contributed by atoms with Crippen molar-refractivity contribution in [1.29, 1.82) is 0 Å². The van der Waals surface area contributed by atoms with Crippen molar-refractivity contribution in [3.05, 3.63) is 71.3 Å². The van der Waals surface area contributed by atoms with E-state index in [1.165, 1.54) is 26.4 Å². The van der Waals surface area contributed by atoms with E-state index in [0.29, 0.717) is 11.3 Å². The molecule has 0 unspecified atom stereocenters. The monoisotopic (exact) mass is 405 g/mol. The van der Waals surface area contributed by atoms with Crippen LogP contribution in [0.15, 0.2) is 60.2 Å². The Kier molecular flexibility index (Phi) is 6.06. The Morgan fingerprint density at radius 1 is 0.867 bits per heavy atom. The van der Waals surface area contributed by atoms with Gasteiger partial charge in [-0.25, -0.2) is 4.79 Å². The largest absolute Gasteiger partial charge is 0.493 e. The summed E-state index contributed by atoms with van der Waals surface area (Å²) in [5.41, 5.74) is 2.26. The third-order valence-corrected chi connectivity index (χ3v) is 5.09. The van der Waals surface area contributed by atoms with E-state index in [1.54, 1.807) is 6.92 Å². The first-order chi connectivity index (χ1) is 14.3. The van der Waals surface area contributed by atoms with Crippen LogP contribution in [0.2, 0.25) is 0 Å². The molecule has 3 aromatic rings. The molecular weight excluding hydrogens is 382 g/mol. The van der Waals surface area contributed by atoms with E-state index in [4.69, 9.17) is 9.47 Å². The molecule has 0 aromatic heterocycles. The van der Waals surface area contributed by atoms with Gasteiger partial charge in [0.2, 0.25) is 0 Å². The Labute approximate surface area is 174 Å². The molecular formula is C24H23NO5. The SMILES string of the molecule is COc1cc(NC(=O)/C(C)=C(/C)c2ccc3ccccc3c2)c(C(=O)O)cc1OC. The quantitative estimate of drug-likeness (QED) is 0.565. The number of nitrogens with one attached hydrogen (secondary N) is 1. The van der Waals surface area contributed by atoms with E-state index in [1.807, 2.05) is 49.4 Å². The van der Waals surface area contributed by atoms with Gasteiger partial charge in [0.25, 0.3) is 5.91 Å². The summed E-state index contributed by atoms with van der Waals surface area (Å²) in [6.45, 7) is 3.58. The van der Waals surface area contributed by atoms with Crippen LogP contribution >= 0.6 is 0 Å². The molecule has 0 aliphatic carbocycles. The van der Waals surface area contributed by atoms with Crippen molar-refractivity contribution in [2.24, 2.45) is 0 Å². The van der Waals surface area contributed by atoms with E-state index in [2.05, 4.69) is 5.32 Å². The lowest BCUT2D eigenvalue weighted by Crippen LogP contribution is -2.16. The van der Waals surface area contributed by atoms with Crippen LogP contribution in [-0.4, -0.2) is 31.2 Å². The van der Waals surface area contributed by atoms with Crippen molar-refractivity contribution in [1.82, 2.24) is 0 Å². The number of methoxy groups -OCH3 is 2. The molecule has 3 aromatic carbocycles. The predicted octanol–water partition coefficient (Wildman–Crippen LogP) is 4.99. The normalized spacial score (nSPS) is 11.6. The molecule has 30 heavy (non-hydrogen) atoms. The Balaban J connectivity index is 1.96. The summed E-state index contributed by atoms with van der Waals surface area (Å²) in [5.74, 6) is -0.979. The molecule has 0 saturated carbocycles. The second-order valence-corrected chi connectivity index (χ2v) is 6.82. The van der Waals surface area contributed by atoms with Gasteiger partial charge in [0.1, 0.15) is 0 Å². The zero-order chi connectivity index (χ0) is 21.8. The predicted molar refractivity (Wildman–Crippen MR) is 117 cm³/mol. The number of benzene rings is 3. The molecule has 0 bridgehead atoms. The van der Waals surface area contributed by atoms with Crippen LogP contribution < -0.4 is 14.8 Å². The number of ether oxygens (including phenoxy) is 2. The third-order valence-electron chi connectivity index (χ3n) is 5.09. The lowest BCUT2D eigenvalue weighted by atomic mass is 9.98.